The molecule has 0 spiro atoms. The number of likely N-dealkylation sites (tertiary alicyclic amines) is 1. The summed E-state index contributed by atoms with van der Waals surface area (Å²) in [6.45, 7) is 1.93. The molecule has 3 rings (SSSR count). The molecule has 0 N–H and O–H groups in total. The highest BCUT2D eigenvalue weighted by Gasteiger charge is 2.33. The zero-order valence-electron chi connectivity index (χ0n) is 12.6. The Balaban J connectivity index is 1.53. The molecule has 7 heteroatoms. The minimum Gasteiger partial charge on any atom is -0.488 e. The Labute approximate surface area is 137 Å². The molecule has 124 valence electrons. The second-order valence-corrected chi connectivity index (χ2v) is 5.62. The number of aromatic nitrogens is 1. The molecule has 1 aromatic heterocycles. The van der Waals surface area contributed by atoms with Crippen LogP contribution < -0.4 is 4.74 Å². The lowest BCUT2D eigenvalue weighted by molar-refractivity contribution is -0.141. The third-order valence-corrected chi connectivity index (χ3v) is 3.71. The summed E-state index contributed by atoms with van der Waals surface area (Å²) in [6.07, 6.45) is -3.52. The number of alkyl halides is 3. The number of pyridine rings is 1. The number of nitriles is 1. The average Bonchev–Trinajstić information content (AvgIpc) is 2.52. The van der Waals surface area contributed by atoms with Crippen LogP contribution in [-0.4, -0.2) is 29.1 Å². The van der Waals surface area contributed by atoms with Gasteiger partial charge in [-0.2, -0.15) is 18.4 Å². The van der Waals surface area contributed by atoms with Crippen molar-refractivity contribution in [3.63, 3.8) is 0 Å². The van der Waals surface area contributed by atoms with E-state index in [1.165, 1.54) is 6.07 Å². The summed E-state index contributed by atoms with van der Waals surface area (Å²) >= 11 is 0. The quantitative estimate of drug-likeness (QED) is 0.862. The average molecular weight is 333 g/mol. The van der Waals surface area contributed by atoms with E-state index in [0.717, 1.165) is 17.8 Å². The Kier molecular flexibility index (Phi) is 4.40. The van der Waals surface area contributed by atoms with E-state index >= 15 is 0 Å². The molecule has 4 nitrogen and oxygen atoms in total. The number of halogens is 3. The first-order valence-electron chi connectivity index (χ1n) is 7.35. The molecule has 0 saturated carbocycles. The van der Waals surface area contributed by atoms with Crippen molar-refractivity contribution >= 4 is 0 Å². The minimum absolute atomic E-state index is 0.146. The van der Waals surface area contributed by atoms with Gasteiger partial charge in [-0.05, 0) is 23.8 Å². The highest BCUT2D eigenvalue weighted by atomic mass is 19.4. The summed E-state index contributed by atoms with van der Waals surface area (Å²) in [4.78, 5) is 5.41. The van der Waals surface area contributed by atoms with Crippen LogP contribution in [0.25, 0.3) is 0 Å². The second kappa shape index (κ2) is 6.49. The van der Waals surface area contributed by atoms with Gasteiger partial charge in [0, 0.05) is 31.9 Å². The third-order valence-electron chi connectivity index (χ3n) is 3.71. The number of benzene rings is 1. The van der Waals surface area contributed by atoms with E-state index in [-0.39, 0.29) is 11.9 Å². The largest absolute Gasteiger partial charge is 0.488 e. The monoisotopic (exact) mass is 333 g/mol. The Morgan fingerprint density at radius 3 is 2.75 bits per heavy atom. The number of hydrogen-bond donors (Lipinski definition) is 0. The molecule has 2 heterocycles. The first kappa shape index (κ1) is 16.3. The molecule has 0 aliphatic carbocycles. The maximum Gasteiger partial charge on any atom is 0.433 e. The predicted octanol–water partition coefficient (Wildman–Crippen LogP) is 3.24. The lowest BCUT2D eigenvalue weighted by Crippen LogP contribution is -2.53. The molecule has 1 aromatic carbocycles. The van der Waals surface area contributed by atoms with Crippen molar-refractivity contribution in [2.24, 2.45) is 0 Å². The van der Waals surface area contributed by atoms with Crippen molar-refractivity contribution in [3.8, 4) is 11.8 Å². The highest BCUT2D eigenvalue weighted by molar-refractivity contribution is 5.32. The standard InChI is InChI=1S/C17H14F3N3O/c18-17(19,20)16-7-14(4-5-22-16)24-15-10-23(11-15)9-13-3-1-2-12(6-13)8-21/h1-7,15H,9-11H2. The maximum atomic E-state index is 12.6. The van der Waals surface area contributed by atoms with E-state index in [1.54, 1.807) is 6.07 Å². The Bertz CT molecular complexity index is 764. The van der Waals surface area contributed by atoms with E-state index in [1.807, 2.05) is 18.2 Å². The van der Waals surface area contributed by atoms with Crippen molar-refractivity contribution < 1.29 is 17.9 Å². The fourth-order valence-electron chi connectivity index (χ4n) is 2.56. The van der Waals surface area contributed by atoms with Gasteiger partial charge in [-0.3, -0.25) is 9.88 Å². The molecule has 0 radical (unpaired) electrons. The van der Waals surface area contributed by atoms with Crippen LogP contribution in [0.15, 0.2) is 42.6 Å². The first-order chi connectivity index (χ1) is 11.4. The fourth-order valence-corrected chi connectivity index (χ4v) is 2.56. The second-order valence-electron chi connectivity index (χ2n) is 5.62. The van der Waals surface area contributed by atoms with Crippen LogP contribution >= 0.6 is 0 Å². The summed E-state index contributed by atoms with van der Waals surface area (Å²) < 4.78 is 43.4. The van der Waals surface area contributed by atoms with Gasteiger partial charge in [-0.15, -0.1) is 0 Å². The Hall–Kier alpha value is -2.59. The number of hydrogen-bond acceptors (Lipinski definition) is 4. The molecular formula is C17H14F3N3O. The van der Waals surface area contributed by atoms with Crippen LogP contribution in [-0.2, 0) is 12.7 Å². The molecule has 0 amide bonds. The van der Waals surface area contributed by atoms with Gasteiger partial charge in [0.2, 0.25) is 0 Å². The summed E-state index contributed by atoms with van der Waals surface area (Å²) in [6, 6.07) is 11.8. The van der Waals surface area contributed by atoms with Gasteiger partial charge in [-0.25, -0.2) is 0 Å². The van der Waals surface area contributed by atoms with E-state index in [2.05, 4.69) is 16.0 Å². The third kappa shape index (κ3) is 3.84. The van der Waals surface area contributed by atoms with Crippen LogP contribution in [0, 0.1) is 11.3 Å². The number of rotatable bonds is 4. The molecule has 1 aliphatic heterocycles. The Morgan fingerprint density at radius 1 is 1.25 bits per heavy atom. The molecule has 1 aliphatic rings. The minimum atomic E-state index is -4.48. The van der Waals surface area contributed by atoms with E-state index < -0.39 is 11.9 Å². The van der Waals surface area contributed by atoms with Gasteiger partial charge in [0.1, 0.15) is 17.5 Å². The van der Waals surface area contributed by atoms with Gasteiger partial charge < -0.3 is 4.74 Å². The van der Waals surface area contributed by atoms with E-state index in [4.69, 9.17) is 10.00 Å². The van der Waals surface area contributed by atoms with Crippen molar-refractivity contribution in [2.75, 3.05) is 13.1 Å². The van der Waals surface area contributed by atoms with Gasteiger partial charge in [0.15, 0.2) is 0 Å². The number of nitrogens with zero attached hydrogens (tertiary/aromatic N) is 3. The van der Waals surface area contributed by atoms with Crippen LogP contribution in [0.3, 0.4) is 0 Å². The van der Waals surface area contributed by atoms with Crippen LogP contribution in [0.5, 0.6) is 5.75 Å². The molecular weight excluding hydrogens is 319 g/mol. The lowest BCUT2D eigenvalue weighted by atomic mass is 10.1. The van der Waals surface area contributed by atoms with Gasteiger partial charge in [-0.1, -0.05) is 12.1 Å². The van der Waals surface area contributed by atoms with Crippen molar-refractivity contribution in [1.82, 2.24) is 9.88 Å². The summed E-state index contributed by atoms with van der Waals surface area (Å²) in [5, 5.41) is 8.88. The van der Waals surface area contributed by atoms with Crippen molar-refractivity contribution in [1.29, 1.82) is 5.26 Å². The highest BCUT2D eigenvalue weighted by Crippen LogP contribution is 2.30. The lowest BCUT2D eigenvalue weighted by Gasteiger charge is -2.39. The van der Waals surface area contributed by atoms with Gasteiger partial charge in [0.05, 0.1) is 11.6 Å². The zero-order chi connectivity index (χ0) is 17.2. The Morgan fingerprint density at radius 2 is 2.04 bits per heavy atom. The van der Waals surface area contributed by atoms with Crippen LogP contribution in [0.1, 0.15) is 16.8 Å². The van der Waals surface area contributed by atoms with Crippen LogP contribution in [0.4, 0.5) is 13.2 Å². The van der Waals surface area contributed by atoms with Crippen LogP contribution in [0.2, 0.25) is 0 Å². The van der Waals surface area contributed by atoms with Crippen molar-refractivity contribution in [3.05, 3.63) is 59.4 Å². The predicted molar refractivity (Wildman–Crippen MR) is 80.1 cm³/mol. The molecule has 0 unspecified atom stereocenters. The summed E-state index contributed by atoms with van der Waals surface area (Å²) in [5.41, 5.74) is 0.678. The van der Waals surface area contributed by atoms with Crippen molar-refractivity contribution in [2.45, 2.75) is 18.8 Å². The summed E-state index contributed by atoms with van der Waals surface area (Å²) in [5.74, 6) is 0.174. The molecule has 2 aromatic rings. The van der Waals surface area contributed by atoms with E-state index in [0.29, 0.717) is 25.2 Å². The summed E-state index contributed by atoms with van der Waals surface area (Å²) in [7, 11) is 0. The molecule has 0 bridgehead atoms. The SMILES string of the molecule is N#Cc1cccc(CN2CC(Oc3ccnc(C(F)(F)F)c3)C2)c1. The number of ether oxygens (including phenoxy) is 1. The topological polar surface area (TPSA) is 49.2 Å². The van der Waals surface area contributed by atoms with E-state index in [9.17, 15) is 13.2 Å². The first-order valence-corrected chi connectivity index (χ1v) is 7.35. The molecule has 1 saturated heterocycles. The maximum absolute atomic E-state index is 12.6. The molecule has 1 fully saturated rings. The smallest absolute Gasteiger partial charge is 0.433 e. The molecule has 0 atom stereocenters. The fraction of sp³-hybridized carbons (Fsp3) is 0.294. The zero-order valence-corrected chi connectivity index (χ0v) is 12.6. The van der Waals surface area contributed by atoms with Gasteiger partial charge >= 0.3 is 6.18 Å². The van der Waals surface area contributed by atoms with Gasteiger partial charge in [0.25, 0.3) is 0 Å². The molecule has 24 heavy (non-hydrogen) atoms. The normalized spacial score (nSPS) is 15.6.